The van der Waals surface area contributed by atoms with Crippen LogP contribution in [0.25, 0.3) is 10.9 Å². The minimum Gasteiger partial charge on any atom is -0.508 e. The van der Waals surface area contributed by atoms with Gasteiger partial charge in [-0.1, -0.05) is 31.5 Å². The van der Waals surface area contributed by atoms with Gasteiger partial charge in [-0.2, -0.15) is 0 Å². The number of hydrogen-bond donors (Lipinski definition) is 1. The summed E-state index contributed by atoms with van der Waals surface area (Å²) < 4.78 is 2.19. The van der Waals surface area contributed by atoms with Crippen molar-refractivity contribution in [1.82, 2.24) is 4.57 Å². The SMILES string of the molecule is CCCCn1cc(C2CC(=O)N(c3ccc(O)cc3)C2=O)c2ccccc21. The summed E-state index contributed by atoms with van der Waals surface area (Å²) >= 11 is 0. The lowest BCUT2D eigenvalue weighted by atomic mass is 9.97. The number of imide groups is 1. The molecular formula is C22H22N2O3. The van der Waals surface area contributed by atoms with Crippen molar-refractivity contribution in [2.45, 2.75) is 38.6 Å². The van der Waals surface area contributed by atoms with Gasteiger partial charge in [-0.25, -0.2) is 0 Å². The van der Waals surface area contributed by atoms with Crippen molar-refractivity contribution in [2.75, 3.05) is 4.90 Å². The molecule has 5 heteroatoms. The van der Waals surface area contributed by atoms with Gasteiger partial charge in [0.15, 0.2) is 0 Å². The number of benzene rings is 2. The average molecular weight is 362 g/mol. The second kappa shape index (κ2) is 6.91. The normalized spacial score (nSPS) is 17.2. The molecule has 0 aliphatic carbocycles. The van der Waals surface area contributed by atoms with Crippen LogP contribution in [0.2, 0.25) is 0 Å². The molecule has 0 radical (unpaired) electrons. The van der Waals surface area contributed by atoms with Gasteiger partial charge >= 0.3 is 0 Å². The second-order valence-corrected chi connectivity index (χ2v) is 6.99. The number of para-hydroxylation sites is 1. The molecule has 1 N–H and O–H groups in total. The Labute approximate surface area is 157 Å². The molecule has 4 rings (SSSR count). The first-order valence-electron chi connectivity index (χ1n) is 9.33. The number of carbonyl (C=O) groups is 2. The van der Waals surface area contributed by atoms with Crippen LogP contribution in [-0.4, -0.2) is 21.5 Å². The molecule has 0 spiro atoms. The number of aryl methyl sites for hydroxylation is 1. The van der Waals surface area contributed by atoms with E-state index in [1.54, 1.807) is 12.1 Å². The first-order valence-corrected chi connectivity index (χ1v) is 9.33. The molecule has 2 aromatic carbocycles. The monoisotopic (exact) mass is 362 g/mol. The third-order valence-electron chi connectivity index (χ3n) is 5.20. The molecule has 1 atom stereocenters. The highest BCUT2D eigenvalue weighted by Gasteiger charge is 2.41. The summed E-state index contributed by atoms with van der Waals surface area (Å²) in [6.07, 6.45) is 4.37. The molecule has 3 aromatic rings. The van der Waals surface area contributed by atoms with E-state index in [4.69, 9.17) is 0 Å². The quantitative estimate of drug-likeness (QED) is 0.692. The molecule has 1 unspecified atom stereocenters. The number of phenolic OH excluding ortho intramolecular Hbond substituents is 1. The van der Waals surface area contributed by atoms with Gasteiger partial charge in [0.05, 0.1) is 11.6 Å². The topological polar surface area (TPSA) is 62.5 Å². The smallest absolute Gasteiger partial charge is 0.241 e. The standard InChI is InChI=1S/C22H22N2O3/c1-2-3-12-23-14-19(17-6-4-5-7-20(17)23)18-13-21(26)24(22(18)27)15-8-10-16(25)11-9-15/h4-11,14,18,25H,2-3,12-13H2,1H3. The Balaban J connectivity index is 1.73. The molecule has 1 saturated heterocycles. The average Bonchev–Trinajstić information content (AvgIpc) is 3.18. The van der Waals surface area contributed by atoms with E-state index >= 15 is 0 Å². The number of amides is 2. The van der Waals surface area contributed by atoms with E-state index < -0.39 is 5.92 Å². The number of hydrogen-bond acceptors (Lipinski definition) is 3. The summed E-state index contributed by atoms with van der Waals surface area (Å²) in [5.74, 6) is -0.780. The van der Waals surface area contributed by atoms with Gasteiger partial charge in [0, 0.05) is 30.1 Å². The number of aromatic nitrogens is 1. The van der Waals surface area contributed by atoms with Gasteiger partial charge < -0.3 is 9.67 Å². The van der Waals surface area contributed by atoms with Gasteiger partial charge in [-0.3, -0.25) is 14.5 Å². The highest BCUT2D eigenvalue weighted by Crippen LogP contribution is 2.37. The van der Waals surface area contributed by atoms with E-state index in [1.807, 2.05) is 24.4 Å². The number of unbranched alkanes of at least 4 members (excludes halogenated alkanes) is 1. The zero-order valence-electron chi connectivity index (χ0n) is 15.3. The molecule has 1 aliphatic rings. The number of phenols is 1. The largest absolute Gasteiger partial charge is 0.508 e. The Morgan fingerprint density at radius 2 is 1.81 bits per heavy atom. The summed E-state index contributed by atoms with van der Waals surface area (Å²) in [6.45, 7) is 3.05. The number of nitrogens with zero attached hydrogens (tertiary/aromatic N) is 2. The lowest BCUT2D eigenvalue weighted by molar-refractivity contribution is -0.121. The molecule has 2 amide bonds. The van der Waals surface area contributed by atoms with Gasteiger partial charge in [-0.15, -0.1) is 0 Å². The molecule has 138 valence electrons. The number of anilines is 1. The van der Waals surface area contributed by atoms with Crippen molar-refractivity contribution in [3.05, 3.63) is 60.3 Å². The fourth-order valence-electron chi connectivity index (χ4n) is 3.81. The van der Waals surface area contributed by atoms with Crippen molar-refractivity contribution < 1.29 is 14.7 Å². The Kier molecular flexibility index (Phi) is 4.44. The summed E-state index contributed by atoms with van der Waals surface area (Å²) in [4.78, 5) is 26.9. The van der Waals surface area contributed by atoms with E-state index in [0.29, 0.717) is 5.69 Å². The van der Waals surface area contributed by atoms with Crippen LogP contribution >= 0.6 is 0 Å². The van der Waals surface area contributed by atoms with E-state index in [-0.39, 0.29) is 24.0 Å². The minimum atomic E-state index is -0.473. The third-order valence-corrected chi connectivity index (χ3v) is 5.20. The molecule has 2 heterocycles. The first kappa shape index (κ1) is 17.3. The molecule has 1 aliphatic heterocycles. The van der Waals surface area contributed by atoms with Gasteiger partial charge in [-0.05, 0) is 42.3 Å². The van der Waals surface area contributed by atoms with Crippen LogP contribution in [-0.2, 0) is 16.1 Å². The van der Waals surface area contributed by atoms with Crippen molar-refractivity contribution in [3.8, 4) is 5.75 Å². The van der Waals surface area contributed by atoms with Gasteiger partial charge in [0.1, 0.15) is 5.75 Å². The van der Waals surface area contributed by atoms with Crippen molar-refractivity contribution in [1.29, 1.82) is 0 Å². The van der Waals surface area contributed by atoms with E-state index in [2.05, 4.69) is 17.6 Å². The van der Waals surface area contributed by atoms with Crippen molar-refractivity contribution in [2.24, 2.45) is 0 Å². The summed E-state index contributed by atoms with van der Waals surface area (Å²) in [6, 6.07) is 14.2. The maximum atomic E-state index is 13.1. The highest BCUT2D eigenvalue weighted by atomic mass is 16.3. The van der Waals surface area contributed by atoms with Crippen LogP contribution in [0.15, 0.2) is 54.7 Å². The molecule has 27 heavy (non-hydrogen) atoms. The van der Waals surface area contributed by atoms with Crippen LogP contribution in [0.4, 0.5) is 5.69 Å². The van der Waals surface area contributed by atoms with Gasteiger partial charge in [0.25, 0.3) is 0 Å². The molecular weight excluding hydrogens is 340 g/mol. The molecule has 0 saturated carbocycles. The second-order valence-electron chi connectivity index (χ2n) is 6.99. The molecule has 1 aromatic heterocycles. The zero-order chi connectivity index (χ0) is 19.0. The molecule has 1 fully saturated rings. The van der Waals surface area contributed by atoms with Crippen LogP contribution in [0, 0.1) is 0 Å². The Morgan fingerprint density at radius 3 is 2.56 bits per heavy atom. The van der Waals surface area contributed by atoms with Crippen molar-refractivity contribution in [3.63, 3.8) is 0 Å². The summed E-state index contributed by atoms with van der Waals surface area (Å²) in [5, 5.41) is 10.5. The number of fused-ring (bicyclic) bond motifs is 1. The van der Waals surface area contributed by atoms with E-state index in [0.717, 1.165) is 35.9 Å². The minimum absolute atomic E-state index is 0.105. The Hall–Kier alpha value is -3.08. The maximum absolute atomic E-state index is 13.1. The molecule has 5 nitrogen and oxygen atoms in total. The zero-order valence-corrected chi connectivity index (χ0v) is 15.3. The maximum Gasteiger partial charge on any atom is 0.241 e. The highest BCUT2D eigenvalue weighted by molar-refractivity contribution is 6.23. The predicted molar refractivity (Wildman–Crippen MR) is 105 cm³/mol. The van der Waals surface area contributed by atoms with E-state index in [9.17, 15) is 14.7 Å². The fourth-order valence-corrected chi connectivity index (χ4v) is 3.81. The van der Waals surface area contributed by atoms with Crippen LogP contribution < -0.4 is 4.90 Å². The Bertz CT molecular complexity index is 1000. The lowest BCUT2D eigenvalue weighted by Crippen LogP contribution is -2.29. The summed E-state index contributed by atoms with van der Waals surface area (Å²) in [5.41, 5.74) is 2.52. The fraction of sp³-hybridized carbons (Fsp3) is 0.273. The first-order chi connectivity index (χ1) is 13.1. The molecule has 0 bridgehead atoms. The van der Waals surface area contributed by atoms with E-state index in [1.165, 1.54) is 17.0 Å². The number of aromatic hydroxyl groups is 1. The summed E-state index contributed by atoms with van der Waals surface area (Å²) in [7, 11) is 0. The number of rotatable bonds is 5. The Morgan fingerprint density at radius 1 is 1.07 bits per heavy atom. The third kappa shape index (κ3) is 2.99. The van der Waals surface area contributed by atoms with Crippen LogP contribution in [0.1, 0.15) is 37.7 Å². The number of carbonyl (C=O) groups excluding carboxylic acids is 2. The van der Waals surface area contributed by atoms with Crippen LogP contribution in [0.5, 0.6) is 5.75 Å². The van der Waals surface area contributed by atoms with Crippen LogP contribution in [0.3, 0.4) is 0 Å². The van der Waals surface area contributed by atoms with Gasteiger partial charge in [0.2, 0.25) is 11.8 Å². The van der Waals surface area contributed by atoms with Crippen molar-refractivity contribution >= 4 is 28.4 Å². The lowest BCUT2D eigenvalue weighted by Gasteiger charge is -2.15. The predicted octanol–water partition coefficient (Wildman–Crippen LogP) is 4.19.